The molecule has 1 rings (SSSR count). The van der Waals surface area contributed by atoms with Crippen LogP contribution in [-0.2, 0) is 28.6 Å². The number of hydrogen-bond acceptors (Lipinski definition) is 6. The zero-order valence-electron chi connectivity index (χ0n) is 21.0. The molecule has 3 unspecified atom stereocenters. The summed E-state index contributed by atoms with van der Waals surface area (Å²) in [7, 11) is 0. The van der Waals surface area contributed by atoms with E-state index < -0.39 is 34.2 Å². The van der Waals surface area contributed by atoms with Crippen LogP contribution in [0.2, 0.25) is 0 Å². The molecule has 0 fully saturated rings. The Morgan fingerprint density at radius 2 is 1.14 bits per heavy atom. The highest BCUT2D eigenvalue weighted by Crippen LogP contribution is 2.59. The highest BCUT2D eigenvalue weighted by molar-refractivity contribution is 5.91. The van der Waals surface area contributed by atoms with Crippen LogP contribution in [0.15, 0.2) is 50.7 Å². The largest absolute Gasteiger partial charge is 0.502 e. The van der Waals surface area contributed by atoms with E-state index >= 15 is 0 Å². The van der Waals surface area contributed by atoms with Crippen molar-refractivity contribution < 1.29 is 43.9 Å². The molecule has 0 aromatic carbocycles. The quantitative estimate of drug-likeness (QED) is 0.109. The topological polar surface area (TPSA) is 140 Å². The number of hydrogen-bond donors (Lipinski definition) is 3. The van der Waals surface area contributed by atoms with E-state index in [1.807, 2.05) is 0 Å². The standard InChI is InChI=1S/C27H40O9/c1-4-34-18-10-7-13-25(22(28)29)16-17-26(23(30)31,14-8-11-19-35-5-2)27(21-25,24(32)33)15-9-12-20-36-6-3/h4-6,16-17H,1-3,7-15,18-21H2,(H,28,29)(H,30,31)(H,32,33). The van der Waals surface area contributed by atoms with Gasteiger partial charge in [-0.25, -0.2) is 0 Å². The molecule has 0 saturated heterocycles. The molecule has 0 heterocycles. The lowest BCUT2D eigenvalue weighted by Gasteiger charge is -2.50. The summed E-state index contributed by atoms with van der Waals surface area (Å²) in [6.07, 6.45) is 9.27. The molecule has 3 atom stereocenters. The van der Waals surface area contributed by atoms with E-state index in [1.165, 1.54) is 30.9 Å². The van der Waals surface area contributed by atoms with E-state index in [2.05, 4.69) is 19.7 Å². The Hall–Kier alpha value is -3.23. The van der Waals surface area contributed by atoms with Crippen molar-refractivity contribution in [1.82, 2.24) is 0 Å². The number of unbranched alkanes of at least 4 members (excludes halogenated alkanes) is 3. The van der Waals surface area contributed by atoms with Gasteiger partial charge in [0.2, 0.25) is 0 Å². The van der Waals surface area contributed by atoms with Gasteiger partial charge < -0.3 is 29.5 Å². The van der Waals surface area contributed by atoms with Crippen molar-refractivity contribution in [2.45, 2.75) is 64.2 Å². The zero-order valence-corrected chi connectivity index (χ0v) is 21.0. The summed E-state index contributed by atoms with van der Waals surface area (Å²) in [4.78, 5) is 38.3. The molecule has 36 heavy (non-hydrogen) atoms. The fourth-order valence-corrected chi connectivity index (χ4v) is 5.11. The molecule has 0 aliphatic heterocycles. The molecule has 1 aliphatic rings. The highest BCUT2D eigenvalue weighted by Gasteiger charge is 2.65. The highest BCUT2D eigenvalue weighted by atomic mass is 16.5. The summed E-state index contributed by atoms with van der Waals surface area (Å²) < 4.78 is 15.4. The lowest BCUT2D eigenvalue weighted by atomic mass is 9.49. The Balaban J connectivity index is 3.44. The van der Waals surface area contributed by atoms with Gasteiger partial charge in [0.1, 0.15) is 5.41 Å². The Bertz CT molecular complexity index is 805. The van der Waals surface area contributed by atoms with E-state index in [1.54, 1.807) is 0 Å². The first-order valence-electron chi connectivity index (χ1n) is 12.3. The molecule has 0 bridgehead atoms. The van der Waals surface area contributed by atoms with E-state index in [0.29, 0.717) is 58.3 Å². The van der Waals surface area contributed by atoms with Gasteiger partial charge in [-0.3, -0.25) is 14.4 Å². The molecule has 0 amide bonds. The Labute approximate surface area is 213 Å². The lowest BCUT2D eigenvalue weighted by Crippen LogP contribution is -2.57. The summed E-state index contributed by atoms with van der Waals surface area (Å²) in [6, 6.07) is 0. The molecule has 9 nitrogen and oxygen atoms in total. The predicted molar refractivity (Wildman–Crippen MR) is 134 cm³/mol. The second-order valence-electron chi connectivity index (χ2n) is 9.12. The minimum atomic E-state index is -1.82. The van der Waals surface area contributed by atoms with Crippen LogP contribution in [0.1, 0.15) is 64.2 Å². The molecule has 0 spiro atoms. The summed E-state index contributed by atoms with van der Waals surface area (Å²) in [5, 5.41) is 31.2. The normalized spacial score (nSPS) is 24.9. The third-order valence-electron chi connectivity index (χ3n) is 7.06. The van der Waals surface area contributed by atoms with Crippen molar-refractivity contribution in [1.29, 1.82) is 0 Å². The zero-order chi connectivity index (χ0) is 27.1. The van der Waals surface area contributed by atoms with Gasteiger partial charge in [-0.1, -0.05) is 31.9 Å². The van der Waals surface area contributed by atoms with Gasteiger partial charge in [0.25, 0.3) is 0 Å². The van der Waals surface area contributed by atoms with Crippen LogP contribution in [0.25, 0.3) is 0 Å². The summed E-state index contributed by atoms with van der Waals surface area (Å²) in [6.45, 7) is 11.4. The van der Waals surface area contributed by atoms with Crippen LogP contribution in [0, 0.1) is 16.2 Å². The molecule has 0 aromatic heterocycles. The molecule has 3 N–H and O–H groups in total. The Morgan fingerprint density at radius 3 is 1.56 bits per heavy atom. The maximum Gasteiger partial charge on any atom is 0.314 e. The average Bonchev–Trinajstić information content (AvgIpc) is 2.84. The van der Waals surface area contributed by atoms with Crippen molar-refractivity contribution in [2.24, 2.45) is 16.2 Å². The Morgan fingerprint density at radius 1 is 0.667 bits per heavy atom. The smallest absolute Gasteiger partial charge is 0.314 e. The average molecular weight is 509 g/mol. The fourth-order valence-electron chi connectivity index (χ4n) is 5.11. The number of rotatable bonds is 21. The van der Waals surface area contributed by atoms with Gasteiger partial charge in [-0.05, 0) is 64.2 Å². The van der Waals surface area contributed by atoms with Gasteiger partial charge in [-0.2, -0.15) is 0 Å². The molecular formula is C27H40O9. The molecule has 1 aliphatic carbocycles. The van der Waals surface area contributed by atoms with E-state index in [9.17, 15) is 29.7 Å². The van der Waals surface area contributed by atoms with Crippen LogP contribution in [0.5, 0.6) is 0 Å². The first-order valence-corrected chi connectivity index (χ1v) is 12.3. The van der Waals surface area contributed by atoms with Crippen molar-refractivity contribution >= 4 is 17.9 Å². The molecule has 0 aromatic rings. The second kappa shape index (κ2) is 15.0. The lowest BCUT2D eigenvalue weighted by molar-refractivity contribution is -0.179. The molecule has 202 valence electrons. The number of carboxylic acids is 3. The summed E-state index contributed by atoms with van der Waals surface area (Å²) in [5.74, 6) is -3.74. The van der Waals surface area contributed by atoms with E-state index in [0.717, 1.165) is 0 Å². The summed E-state index contributed by atoms with van der Waals surface area (Å²) >= 11 is 0. The summed E-state index contributed by atoms with van der Waals surface area (Å²) in [5.41, 5.74) is -5.09. The predicted octanol–water partition coefficient (Wildman–Crippen LogP) is 5.15. The van der Waals surface area contributed by atoms with Crippen LogP contribution >= 0.6 is 0 Å². The number of carbonyl (C=O) groups is 3. The number of ether oxygens (including phenoxy) is 3. The van der Waals surface area contributed by atoms with Gasteiger partial charge >= 0.3 is 17.9 Å². The van der Waals surface area contributed by atoms with Crippen molar-refractivity contribution in [3.63, 3.8) is 0 Å². The number of aliphatic carboxylic acids is 3. The number of carboxylic acid groups (broad SMARTS) is 3. The third-order valence-corrected chi connectivity index (χ3v) is 7.06. The monoisotopic (exact) mass is 508 g/mol. The maximum atomic E-state index is 13.0. The molecular weight excluding hydrogens is 468 g/mol. The van der Waals surface area contributed by atoms with Crippen molar-refractivity contribution in [3.8, 4) is 0 Å². The SMILES string of the molecule is C=COCCCCC1(C(=O)O)C=CC(CCCCOC=C)(C(=O)O)C(CCCCOC=C)(C(=O)O)C1. The van der Waals surface area contributed by atoms with Crippen LogP contribution in [-0.4, -0.2) is 53.0 Å². The van der Waals surface area contributed by atoms with Crippen LogP contribution in [0.4, 0.5) is 0 Å². The third kappa shape index (κ3) is 7.38. The fraction of sp³-hybridized carbons (Fsp3) is 0.593. The Kier molecular flexibility index (Phi) is 12.8. The van der Waals surface area contributed by atoms with Gasteiger partial charge in [0.15, 0.2) is 0 Å². The first-order chi connectivity index (χ1) is 17.2. The maximum absolute atomic E-state index is 13.0. The van der Waals surface area contributed by atoms with Crippen LogP contribution < -0.4 is 0 Å². The van der Waals surface area contributed by atoms with E-state index in [4.69, 9.17) is 14.2 Å². The first kappa shape index (κ1) is 30.8. The van der Waals surface area contributed by atoms with Gasteiger partial charge in [0.05, 0.1) is 49.4 Å². The van der Waals surface area contributed by atoms with Crippen molar-refractivity contribution in [2.75, 3.05) is 19.8 Å². The second-order valence-corrected chi connectivity index (χ2v) is 9.12. The minimum Gasteiger partial charge on any atom is -0.502 e. The molecule has 0 radical (unpaired) electrons. The van der Waals surface area contributed by atoms with E-state index in [-0.39, 0.29) is 25.7 Å². The van der Waals surface area contributed by atoms with Gasteiger partial charge in [0, 0.05) is 0 Å². The van der Waals surface area contributed by atoms with Crippen LogP contribution in [0.3, 0.4) is 0 Å². The van der Waals surface area contributed by atoms with Gasteiger partial charge in [-0.15, -0.1) is 0 Å². The van der Waals surface area contributed by atoms with Crippen molar-refractivity contribution in [3.05, 3.63) is 50.7 Å². The molecule has 9 heteroatoms. The minimum absolute atomic E-state index is 0.00274. The molecule has 0 saturated carbocycles.